The van der Waals surface area contributed by atoms with Crippen molar-refractivity contribution in [2.45, 2.75) is 26.2 Å². The van der Waals surface area contributed by atoms with E-state index in [4.69, 9.17) is 14.5 Å². The van der Waals surface area contributed by atoms with E-state index in [1.807, 2.05) is 31.3 Å². The minimum Gasteiger partial charge on any atom is -0.492 e. The number of aromatic nitrogens is 5. The van der Waals surface area contributed by atoms with Gasteiger partial charge in [-0.1, -0.05) is 0 Å². The van der Waals surface area contributed by atoms with E-state index >= 15 is 0 Å². The number of aryl methyl sites for hydroxylation is 1. The van der Waals surface area contributed by atoms with Gasteiger partial charge in [-0.2, -0.15) is 0 Å². The molecule has 0 bridgehead atoms. The fourth-order valence-electron chi connectivity index (χ4n) is 4.08. The van der Waals surface area contributed by atoms with Crippen molar-refractivity contribution in [1.29, 1.82) is 0 Å². The smallest absolute Gasteiger partial charge is 0.228 e. The fraction of sp³-hybridized carbons (Fsp3) is 0.375. The maximum atomic E-state index is 12.2. The van der Waals surface area contributed by atoms with Crippen molar-refractivity contribution in [3.05, 3.63) is 42.5 Å². The van der Waals surface area contributed by atoms with Crippen LogP contribution in [0.1, 0.15) is 25.0 Å². The molecule has 1 aliphatic heterocycles. The van der Waals surface area contributed by atoms with Crippen LogP contribution in [0.2, 0.25) is 0 Å². The van der Waals surface area contributed by atoms with Crippen molar-refractivity contribution in [2.75, 3.05) is 25.1 Å². The molecule has 168 valence electrons. The van der Waals surface area contributed by atoms with E-state index in [2.05, 4.69) is 20.4 Å². The Morgan fingerprint density at radius 1 is 1.21 bits per heavy atom. The molecule has 0 spiro atoms. The molecule has 6 rings (SSSR count). The molecule has 4 aromatic rings. The Balaban J connectivity index is 1.33. The van der Waals surface area contributed by atoms with Gasteiger partial charge in [0.1, 0.15) is 11.6 Å². The minimum atomic E-state index is 0.0247. The molecule has 1 N–H and O–H groups in total. The number of anilines is 1. The predicted octanol–water partition coefficient (Wildman–Crippen LogP) is 3.41. The summed E-state index contributed by atoms with van der Waals surface area (Å²) < 4.78 is 13.1. The number of rotatable bonds is 6. The second-order valence-corrected chi connectivity index (χ2v) is 8.78. The maximum Gasteiger partial charge on any atom is 0.228 e. The molecule has 0 unspecified atom stereocenters. The molecule has 1 amide bonds. The third-order valence-electron chi connectivity index (χ3n) is 6.23. The lowest BCUT2D eigenvalue weighted by Crippen LogP contribution is -2.14. The highest BCUT2D eigenvalue weighted by Crippen LogP contribution is 2.32. The highest BCUT2D eigenvalue weighted by Gasteiger charge is 2.30. The van der Waals surface area contributed by atoms with Crippen molar-refractivity contribution < 1.29 is 14.3 Å². The van der Waals surface area contributed by atoms with Crippen LogP contribution < -0.4 is 10.1 Å². The fourth-order valence-corrected chi connectivity index (χ4v) is 4.08. The van der Waals surface area contributed by atoms with Crippen LogP contribution >= 0.6 is 0 Å². The van der Waals surface area contributed by atoms with Crippen LogP contribution in [0, 0.1) is 18.8 Å². The Morgan fingerprint density at radius 2 is 2.12 bits per heavy atom. The van der Waals surface area contributed by atoms with Gasteiger partial charge in [-0.3, -0.25) is 9.78 Å². The minimum absolute atomic E-state index is 0.0247. The second-order valence-electron chi connectivity index (χ2n) is 8.78. The van der Waals surface area contributed by atoms with Crippen LogP contribution in [0.5, 0.6) is 5.75 Å². The number of hydrogen-bond donors (Lipinski definition) is 1. The number of carbonyl (C=O) groups excluding carboxylic acids is 1. The quantitative estimate of drug-likeness (QED) is 0.486. The molecule has 2 aliphatic rings. The molecule has 1 atom stereocenters. The molecule has 1 aliphatic carbocycles. The molecule has 4 aromatic heterocycles. The number of pyridine rings is 3. The Bertz CT molecular complexity index is 1360. The summed E-state index contributed by atoms with van der Waals surface area (Å²) in [7, 11) is 0. The number of hydrogen-bond acceptors (Lipinski definition) is 7. The summed E-state index contributed by atoms with van der Waals surface area (Å²) in [4.78, 5) is 25.8. The lowest BCUT2D eigenvalue weighted by molar-refractivity contribution is -0.117. The van der Waals surface area contributed by atoms with E-state index in [0.29, 0.717) is 29.8 Å². The summed E-state index contributed by atoms with van der Waals surface area (Å²) in [6.45, 7) is 4.12. The van der Waals surface area contributed by atoms with Crippen LogP contribution in [0.15, 0.2) is 36.8 Å². The standard InChI is InChI=1S/C24H24N6O3/c1-14-19-9-26-21(27-24(31)16-2-3-16)8-18(19)20(10-25-14)23-28-22-5-4-17(11-30(22)29-23)33-13-15-6-7-32-12-15/h4-5,8-11,15-16H,2-3,6-7,12-13H2,1H3,(H,26,27,31)/t15-/m0/s1. The van der Waals surface area contributed by atoms with Crippen molar-refractivity contribution in [3.8, 4) is 17.1 Å². The third-order valence-corrected chi connectivity index (χ3v) is 6.23. The van der Waals surface area contributed by atoms with Crippen LogP contribution in [-0.2, 0) is 9.53 Å². The Hall–Kier alpha value is -3.59. The second kappa shape index (κ2) is 8.08. The van der Waals surface area contributed by atoms with Crippen LogP contribution in [0.3, 0.4) is 0 Å². The van der Waals surface area contributed by atoms with E-state index < -0.39 is 0 Å². The Labute approximate surface area is 190 Å². The number of carbonyl (C=O) groups is 1. The monoisotopic (exact) mass is 444 g/mol. The van der Waals surface area contributed by atoms with E-state index in [1.165, 1.54) is 0 Å². The first-order valence-corrected chi connectivity index (χ1v) is 11.3. The first kappa shape index (κ1) is 20.0. The molecule has 0 radical (unpaired) electrons. The largest absolute Gasteiger partial charge is 0.492 e. The summed E-state index contributed by atoms with van der Waals surface area (Å²) in [5.41, 5.74) is 2.36. The van der Waals surface area contributed by atoms with Crippen molar-refractivity contribution in [1.82, 2.24) is 24.6 Å². The van der Waals surface area contributed by atoms with Crippen LogP contribution in [0.4, 0.5) is 5.82 Å². The zero-order chi connectivity index (χ0) is 22.4. The lowest BCUT2D eigenvalue weighted by atomic mass is 10.1. The summed E-state index contributed by atoms with van der Waals surface area (Å²) in [6, 6.07) is 5.68. The van der Waals surface area contributed by atoms with Gasteiger partial charge < -0.3 is 14.8 Å². The number of nitrogens with one attached hydrogen (secondary N) is 1. The average Bonchev–Trinajstić information content (AvgIpc) is 3.38. The molecule has 0 aromatic carbocycles. The maximum absolute atomic E-state index is 12.2. The first-order valence-electron chi connectivity index (χ1n) is 11.3. The summed E-state index contributed by atoms with van der Waals surface area (Å²) in [5.74, 6) is 2.39. The molecule has 9 heteroatoms. The van der Waals surface area contributed by atoms with Crippen molar-refractivity contribution in [3.63, 3.8) is 0 Å². The van der Waals surface area contributed by atoms with E-state index in [1.54, 1.807) is 16.9 Å². The molecule has 1 saturated heterocycles. The van der Waals surface area contributed by atoms with Gasteiger partial charge in [-0.25, -0.2) is 14.5 Å². The normalized spacial score (nSPS) is 18.2. The van der Waals surface area contributed by atoms with E-state index in [9.17, 15) is 4.79 Å². The van der Waals surface area contributed by atoms with E-state index in [0.717, 1.165) is 60.3 Å². The van der Waals surface area contributed by atoms with E-state index in [-0.39, 0.29) is 11.8 Å². The van der Waals surface area contributed by atoms with Gasteiger partial charge in [0.15, 0.2) is 11.5 Å². The number of nitrogens with zero attached hydrogens (tertiary/aromatic N) is 5. The van der Waals surface area contributed by atoms with Crippen molar-refractivity contribution >= 4 is 28.1 Å². The van der Waals surface area contributed by atoms with Gasteiger partial charge in [-0.05, 0) is 44.4 Å². The summed E-state index contributed by atoms with van der Waals surface area (Å²) in [5, 5.41) is 9.41. The van der Waals surface area contributed by atoms with Crippen LogP contribution in [0.25, 0.3) is 27.8 Å². The molecule has 5 heterocycles. The molecule has 1 saturated carbocycles. The van der Waals surface area contributed by atoms with Gasteiger partial charge in [-0.15, -0.1) is 5.10 Å². The molecular formula is C24H24N6O3. The number of amides is 1. The average molecular weight is 444 g/mol. The Kier molecular flexibility index (Phi) is 4.91. The zero-order valence-corrected chi connectivity index (χ0v) is 18.3. The van der Waals surface area contributed by atoms with Gasteiger partial charge in [0.2, 0.25) is 5.91 Å². The van der Waals surface area contributed by atoms with Gasteiger partial charge in [0, 0.05) is 52.9 Å². The summed E-state index contributed by atoms with van der Waals surface area (Å²) in [6.07, 6.45) is 8.28. The van der Waals surface area contributed by atoms with Crippen molar-refractivity contribution in [2.24, 2.45) is 11.8 Å². The van der Waals surface area contributed by atoms with Gasteiger partial charge >= 0.3 is 0 Å². The zero-order valence-electron chi connectivity index (χ0n) is 18.3. The Morgan fingerprint density at radius 3 is 2.94 bits per heavy atom. The highest BCUT2D eigenvalue weighted by molar-refractivity contribution is 5.99. The molecular weight excluding hydrogens is 420 g/mol. The van der Waals surface area contributed by atoms with Crippen LogP contribution in [-0.4, -0.2) is 50.3 Å². The van der Waals surface area contributed by atoms with Gasteiger partial charge in [0.25, 0.3) is 0 Å². The molecule has 9 nitrogen and oxygen atoms in total. The predicted molar refractivity (Wildman–Crippen MR) is 122 cm³/mol. The topological polar surface area (TPSA) is 104 Å². The van der Waals surface area contributed by atoms with Gasteiger partial charge in [0.05, 0.1) is 19.4 Å². The number of ether oxygens (including phenoxy) is 2. The first-order chi connectivity index (χ1) is 16.1. The lowest BCUT2D eigenvalue weighted by Gasteiger charge is -2.09. The highest BCUT2D eigenvalue weighted by atomic mass is 16.5. The molecule has 33 heavy (non-hydrogen) atoms. The summed E-state index contributed by atoms with van der Waals surface area (Å²) >= 11 is 0. The SMILES string of the molecule is Cc1ncc(-c2nc3ccc(OC[C@H]4CCOC4)cn3n2)c2cc(NC(=O)C3CC3)ncc12. The molecule has 2 fully saturated rings. The third kappa shape index (κ3) is 4.00. The number of fused-ring (bicyclic) bond motifs is 2.